The molecule has 0 unspecified atom stereocenters. The van der Waals surface area contributed by atoms with Gasteiger partial charge in [-0.1, -0.05) is 295 Å². The van der Waals surface area contributed by atoms with Crippen LogP contribution in [0.5, 0.6) is 0 Å². The van der Waals surface area contributed by atoms with Gasteiger partial charge in [-0.25, -0.2) is 4.57 Å². The molecule has 0 bridgehead atoms. The smallest absolute Gasteiger partial charge is 0.266 e. The van der Waals surface area contributed by atoms with Crippen LogP contribution in [0.3, 0.4) is 0 Å². The third-order valence-electron chi connectivity index (χ3n) is 19.0. The van der Waals surface area contributed by atoms with Gasteiger partial charge in [0.25, 0.3) is 0 Å². The van der Waals surface area contributed by atoms with E-state index in [1.807, 2.05) is 20.8 Å². The first-order valence-corrected chi connectivity index (χ1v) is 35.4. The van der Waals surface area contributed by atoms with Crippen molar-refractivity contribution >= 4 is 7.82 Å². The lowest BCUT2D eigenvalue weighted by Crippen LogP contribution is -2.41. The van der Waals surface area contributed by atoms with Gasteiger partial charge in [0.1, 0.15) is 0 Å². The van der Waals surface area contributed by atoms with Gasteiger partial charge in [-0.15, -0.1) is 0 Å². The molecule has 6 aromatic carbocycles. The molecule has 0 N–H and O–H groups in total. The van der Waals surface area contributed by atoms with E-state index in [2.05, 4.69) is 275 Å². The average Bonchev–Trinajstić information content (AvgIpc) is 0.741. The number of hydrogen-bond acceptors (Lipinski definition) is 4. The SMILES string of the molecule is C=C(C)C(OP(=O)(OC(C(=C)C)(c1ccc(C(C)C)cc1C(C)C)c1ccc(C(C)C)cc1C(C)C)OC(C(=C)C)(c1ccc(C(C)C)cc1C(C)C)c1ccc(C(C)C)cc1C(C)C)(c1ccc(C(C)C)cc1C(C)C)c1ccc(C(C)C)cc1C(C)C. The summed E-state index contributed by atoms with van der Waals surface area (Å²) in [7, 11) is -5.41. The maximum Gasteiger partial charge on any atom is 0.479 e. The predicted octanol–water partition coefficient (Wildman–Crippen LogP) is 26.2. The number of phosphoric acid groups is 1. The van der Waals surface area contributed by atoms with Crippen LogP contribution < -0.4 is 0 Å². The van der Waals surface area contributed by atoms with Crippen molar-refractivity contribution in [2.24, 2.45) is 0 Å². The number of benzene rings is 6. The Morgan fingerprint density at radius 1 is 0.270 bits per heavy atom. The fourth-order valence-electron chi connectivity index (χ4n) is 13.3. The molecule has 6 aromatic rings. The molecule has 6 rings (SSSR count). The number of rotatable bonds is 27. The van der Waals surface area contributed by atoms with Crippen molar-refractivity contribution in [3.05, 3.63) is 246 Å². The second-order valence-electron chi connectivity index (χ2n) is 30.0. The molecular weight excluding hydrogens is 1100 g/mol. The normalized spacial score (nSPS) is 13.1. The highest BCUT2D eigenvalue weighted by atomic mass is 31.2. The summed E-state index contributed by atoms with van der Waals surface area (Å²) in [5.74, 6) is 1.35. The van der Waals surface area contributed by atoms with Crippen LogP contribution in [0.1, 0.15) is 358 Å². The predicted molar refractivity (Wildman–Crippen MR) is 385 cm³/mol. The molecule has 89 heavy (non-hydrogen) atoms. The molecule has 0 spiro atoms. The molecule has 0 aliphatic heterocycles. The molecule has 0 heterocycles. The highest BCUT2D eigenvalue weighted by Crippen LogP contribution is 2.70. The molecular formula is C84H117O4P. The second kappa shape index (κ2) is 28.7. The molecule has 0 saturated heterocycles. The molecule has 0 atom stereocenters. The van der Waals surface area contributed by atoms with Crippen molar-refractivity contribution < 1.29 is 18.1 Å². The van der Waals surface area contributed by atoms with Crippen LogP contribution in [0.2, 0.25) is 0 Å². The Labute approximate surface area is 543 Å². The number of phosphoric ester groups is 1. The van der Waals surface area contributed by atoms with Crippen molar-refractivity contribution in [2.75, 3.05) is 0 Å². The highest BCUT2D eigenvalue weighted by molar-refractivity contribution is 7.48. The van der Waals surface area contributed by atoms with E-state index in [0.29, 0.717) is 16.7 Å². The van der Waals surface area contributed by atoms with Gasteiger partial charge in [-0.3, -0.25) is 13.6 Å². The second-order valence-corrected chi connectivity index (χ2v) is 31.5. The van der Waals surface area contributed by atoms with Gasteiger partial charge in [0.05, 0.1) is 0 Å². The van der Waals surface area contributed by atoms with Crippen molar-refractivity contribution in [1.29, 1.82) is 0 Å². The van der Waals surface area contributed by atoms with Crippen LogP contribution in [0.4, 0.5) is 0 Å². The van der Waals surface area contributed by atoms with Gasteiger partial charge in [0.15, 0.2) is 16.8 Å². The van der Waals surface area contributed by atoms with E-state index in [4.69, 9.17) is 33.3 Å². The Kier molecular flexibility index (Phi) is 23.4. The van der Waals surface area contributed by atoms with E-state index in [-0.39, 0.29) is 71.0 Å². The molecule has 0 amide bonds. The lowest BCUT2D eigenvalue weighted by Gasteiger charge is -2.48. The standard InChI is InChI=1S/C84H117O4P/c1-49(2)64-31-37-76(70(43-64)55(13)14)82(61(25)26,77-38-32-65(50(3)4)44-71(77)56(15)16)86-89(85,87-83(62(27)28,78-39-33-66(51(5)6)45-72(78)57(17)18)79-40-34-67(52(7)8)46-73(79)58(19)20)88-84(63(29)30,80-41-35-68(53(9)10)47-74(80)59(21)22)81-42-36-69(54(11)12)48-75(81)60(23)24/h31-60H,25,27,29H2,1-24,26,28,30H3. The Balaban J connectivity index is 2.07. The Morgan fingerprint density at radius 3 is 0.506 bits per heavy atom. The summed E-state index contributed by atoms with van der Waals surface area (Å²) < 4.78 is 45.1. The first-order chi connectivity index (χ1) is 41.3. The average molecular weight is 1220 g/mol. The first-order valence-electron chi connectivity index (χ1n) is 33.9. The maximum absolute atomic E-state index is 19.6. The van der Waals surface area contributed by atoms with Gasteiger partial charge < -0.3 is 0 Å². The maximum atomic E-state index is 19.6. The lowest BCUT2D eigenvalue weighted by molar-refractivity contribution is -0.0164. The van der Waals surface area contributed by atoms with Crippen LogP contribution in [-0.4, -0.2) is 0 Å². The summed E-state index contributed by atoms with van der Waals surface area (Å²) in [6.07, 6.45) is 0. The Bertz CT molecular complexity index is 2990. The van der Waals surface area contributed by atoms with Crippen molar-refractivity contribution in [2.45, 2.75) is 275 Å². The van der Waals surface area contributed by atoms with Crippen LogP contribution in [0, 0.1) is 0 Å². The molecule has 0 aliphatic carbocycles. The Morgan fingerprint density at radius 2 is 0.404 bits per heavy atom. The van der Waals surface area contributed by atoms with Gasteiger partial charge in [0, 0.05) is 0 Å². The van der Waals surface area contributed by atoms with E-state index in [1.54, 1.807) is 0 Å². The highest BCUT2D eigenvalue weighted by Gasteiger charge is 2.58. The fourth-order valence-corrected chi connectivity index (χ4v) is 15.5. The zero-order chi connectivity index (χ0) is 66.9. The first kappa shape index (κ1) is 72.7. The summed E-state index contributed by atoms with van der Waals surface area (Å²) in [6, 6.07) is 40.6. The topological polar surface area (TPSA) is 44.8 Å². The minimum atomic E-state index is -5.41. The van der Waals surface area contributed by atoms with Crippen molar-refractivity contribution in [1.82, 2.24) is 0 Å². The van der Waals surface area contributed by atoms with E-state index in [0.717, 1.165) is 66.8 Å². The fraction of sp³-hybridized carbons (Fsp3) is 0.500. The molecule has 4 nitrogen and oxygen atoms in total. The third kappa shape index (κ3) is 14.5. The summed E-state index contributed by atoms with van der Waals surface area (Å²) in [6.45, 7) is 75.0. The zero-order valence-corrected chi connectivity index (χ0v) is 61.4. The molecule has 0 aliphatic rings. The molecule has 0 fully saturated rings. The van der Waals surface area contributed by atoms with Gasteiger partial charge in [-0.2, -0.15) is 0 Å². The largest absolute Gasteiger partial charge is 0.479 e. The monoisotopic (exact) mass is 1220 g/mol. The molecule has 0 aromatic heterocycles. The molecule has 0 saturated carbocycles. The summed E-state index contributed by atoms with van der Waals surface area (Å²) in [5.41, 5.74) is 15.3. The van der Waals surface area contributed by atoms with Gasteiger partial charge in [0.2, 0.25) is 0 Å². The third-order valence-corrected chi connectivity index (χ3v) is 20.5. The molecule has 0 radical (unpaired) electrons. The van der Waals surface area contributed by atoms with Crippen LogP contribution >= 0.6 is 7.82 Å². The summed E-state index contributed by atoms with van der Waals surface area (Å²) in [5, 5.41) is 0. The minimum absolute atomic E-state index is 0.00371. The molecule has 482 valence electrons. The molecule has 5 heteroatoms. The Hall–Kier alpha value is -5.35. The number of hydrogen-bond donors (Lipinski definition) is 0. The van der Waals surface area contributed by atoms with Gasteiger partial charge >= 0.3 is 7.82 Å². The minimum Gasteiger partial charge on any atom is -0.266 e. The lowest BCUT2D eigenvalue weighted by atomic mass is 9.73. The van der Waals surface area contributed by atoms with Crippen LogP contribution in [0.25, 0.3) is 0 Å². The van der Waals surface area contributed by atoms with Crippen LogP contribution in [-0.2, 0) is 34.9 Å². The zero-order valence-electron chi connectivity index (χ0n) is 60.5. The summed E-state index contributed by atoms with van der Waals surface area (Å²) in [4.78, 5) is 0. The van der Waals surface area contributed by atoms with Crippen molar-refractivity contribution in [3.63, 3.8) is 0 Å². The van der Waals surface area contributed by atoms with E-state index < -0.39 is 24.6 Å². The van der Waals surface area contributed by atoms with Gasteiger partial charge in [-0.05, 0) is 209 Å². The van der Waals surface area contributed by atoms with Crippen LogP contribution in [0.15, 0.2) is 146 Å². The van der Waals surface area contributed by atoms with E-state index >= 15 is 4.57 Å². The van der Waals surface area contributed by atoms with E-state index in [1.165, 1.54) is 33.4 Å². The van der Waals surface area contributed by atoms with Crippen molar-refractivity contribution in [3.8, 4) is 0 Å². The van der Waals surface area contributed by atoms with E-state index in [9.17, 15) is 0 Å². The summed E-state index contributed by atoms with van der Waals surface area (Å²) >= 11 is 0. The quantitative estimate of drug-likeness (QED) is 0.0381.